The number of carbonyl (C=O) groups excluding carboxylic acids is 2. The Bertz CT molecular complexity index is 1130. The van der Waals surface area contributed by atoms with Crippen molar-refractivity contribution in [2.45, 2.75) is 42.7 Å². The second-order valence-electron chi connectivity index (χ2n) is 8.66. The molecule has 0 unspecified atom stereocenters. The molecule has 1 saturated carbocycles. The summed E-state index contributed by atoms with van der Waals surface area (Å²) >= 11 is 5.89. The highest BCUT2D eigenvalue weighted by Gasteiger charge is 2.38. The molecule has 2 aliphatic rings. The van der Waals surface area contributed by atoms with Gasteiger partial charge in [0.15, 0.2) is 0 Å². The van der Waals surface area contributed by atoms with Gasteiger partial charge in [-0.2, -0.15) is 4.31 Å². The van der Waals surface area contributed by atoms with Crippen molar-refractivity contribution in [3.05, 3.63) is 59.1 Å². The molecule has 1 aliphatic carbocycles. The molecular formula is C24H28ClN3O5S. The summed E-state index contributed by atoms with van der Waals surface area (Å²) < 4.78 is 32.6. The SMILES string of the molecule is COc1ccc(C(=O)N[C@H](C(=O)NC2CC2)C2CCN(S(=O)(=O)c3ccc(Cl)cc3)CC2)cc1. The van der Waals surface area contributed by atoms with E-state index in [0.717, 1.165) is 12.8 Å². The predicted molar refractivity (Wildman–Crippen MR) is 128 cm³/mol. The first kappa shape index (κ1) is 24.5. The molecule has 1 heterocycles. The number of halogens is 1. The summed E-state index contributed by atoms with van der Waals surface area (Å²) in [7, 11) is -2.11. The molecule has 1 atom stereocenters. The van der Waals surface area contributed by atoms with Crippen LogP contribution < -0.4 is 15.4 Å². The first-order valence-electron chi connectivity index (χ1n) is 11.3. The van der Waals surface area contributed by atoms with Crippen LogP contribution in [0.3, 0.4) is 0 Å². The highest BCUT2D eigenvalue weighted by molar-refractivity contribution is 7.89. The molecule has 0 radical (unpaired) electrons. The fraction of sp³-hybridized carbons (Fsp3) is 0.417. The summed E-state index contributed by atoms with van der Waals surface area (Å²) in [5.41, 5.74) is 0.424. The first-order valence-corrected chi connectivity index (χ1v) is 13.1. The van der Waals surface area contributed by atoms with Crippen LogP contribution in [0.15, 0.2) is 53.4 Å². The fourth-order valence-corrected chi connectivity index (χ4v) is 5.68. The monoisotopic (exact) mass is 505 g/mol. The van der Waals surface area contributed by atoms with E-state index in [1.165, 1.54) is 16.4 Å². The van der Waals surface area contributed by atoms with Crippen LogP contribution in [0.1, 0.15) is 36.0 Å². The lowest BCUT2D eigenvalue weighted by Gasteiger charge is -2.35. The summed E-state index contributed by atoms with van der Waals surface area (Å²) in [6.07, 6.45) is 2.78. The van der Waals surface area contributed by atoms with Gasteiger partial charge in [-0.15, -0.1) is 0 Å². The van der Waals surface area contributed by atoms with Crippen LogP contribution in [0, 0.1) is 5.92 Å². The van der Waals surface area contributed by atoms with Crippen molar-refractivity contribution in [1.82, 2.24) is 14.9 Å². The molecular weight excluding hydrogens is 478 g/mol. The summed E-state index contributed by atoms with van der Waals surface area (Å²) in [5.74, 6) is -0.121. The van der Waals surface area contributed by atoms with Gasteiger partial charge in [0.25, 0.3) is 5.91 Å². The van der Waals surface area contributed by atoms with Crippen molar-refractivity contribution in [3.8, 4) is 5.75 Å². The molecule has 2 aromatic rings. The average molecular weight is 506 g/mol. The van der Waals surface area contributed by atoms with Crippen molar-refractivity contribution in [2.24, 2.45) is 5.92 Å². The summed E-state index contributed by atoms with van der Waals surface area (Å²) in [5, 5.41) is 6.34. The summed E-state index contributed by atoms with van der Waals surface area (Å²) in [6.45, 7) is 0.530. The number of sulfonamides is 1. The number of ether oxygens (including phenoxy) is 1. The minimum atomic E-state index is -3.65. The van der Waals surface area contributed by atoms with Crippen molar-refractivity contribution in [3.63, 3.8) is 0 Å². The van der Waals surface area contributed by atoms with E-state index in [-0.39, 0.29) is 41.8 Å². The maximum atomic E-state index is 13.0. The lowest BCUT2D eigenvalue weighted by molar-refractivity contribution is -0.124. The van der Waals surface area contributed by atoms with Gasteiger partial charge in [-0.3, -0.25) is 9.59 Å². The Hall–Kier alpha value is -2.62. The maximum absolute atomic E-state index is 13.0. The number of nitrogens with one attached hydrogen (secondary N) is 2. The van der Waals surface area contributed by atoms with Gasteiger partial charge in [-0.05, 0) is 80.1 Å². The maximum Gasteiger partial charge on any atom is 0.251 e. The van der Waals surface area contributed by atoms with Gasteiger partial charge in [-0.25, -0.2) is 8.42 Å². The Morgan fingerprint density at radius 3 is 2.18 bits per heavy atom. The van der Waals surface area contributed by atoms with Crippen molar-refractivity contribution < 1.29 is 22.7 Å². The Kier molecular flexibility index (Phi) is 7.45. The smallest absolute Gasteiger partial charge is 0.251 e. The van der Waals surface area contributed by atoms with Gasteiger partial charge in [0.2, 0.25) is 15.9 Å². The number of hydrogen-bond donors (Lipinski definition) is 2. The molecule has 4 rings (SSSR count). The van der Waals surface area contributed by atoms with E-state index in [9.17, 15) is 18.0 Å². The molecule has 2 fully saturated rings. The minimum Gasteiger partial charge on any atom is -0.497 e. The van der Waals surface area contributed by atoms with Crippen LogP contribution >= 0.6 is 11.6 Å². The number of amides is 2. The zero-order chi connectivity index (χ0) is 24.3. The standard InChI is InChI=1S/C24H28ClN3O5S/c1-33-20-8-2-17(3-9-20)23(29)27-22(24(30)26-19-6-7-19)16-12-14-28(15-13-16)34(31,32)21-10-4-18(25)5-11-21/h2-5,8-11,16,19,22H,6-7,12-15H2,1H3,(H,26,30)(H,27,29)/t22-/m0/s1. The van der Waals surface area contributed by atoms with E-state index in [1.54, 1.807) is 43.5 Å². The molecule has 1 saturated heterocycles. The van der Waals surface area contributed by atoms with Crippen LogP contribution in [0.4, 0.5) is 0 Å². The zero-order valence-corrected chi connectivity index (χ0v) is 20.4. The molecule has 2 aromatic carbocycles. The molecule has 0 aromatic heterocycles. The largest absolute Gasteiger partial charge is 0.497 e. The lowest BCUT2D eigenvalue weighted by atomic mass is 9.89. The number of carbonyl (C=O) groups is 2. The van der Waals surface area contributed by atoms with Crippen molar-refractivity contribution in [2.75, 3.05) is 20.2 Å². The van der Waals surface area contributed by atoms with Crippen LogP contribution in [0.2, 0.25) is 5.02 Å². The normalized spacial score (nSPS) is 18.2. The molecule has 8 nitrogen and oxygen atoms in total. The van der Waals surface area contributed by atoms with E-state index in [1.807, 2.05) is 0 Å². The Balaban J connectivity index is 1.45. The van der Waals surface area contributed by atoms with Crippen LogP contribution in [-0.4, -0.2) is 56.8 Å². The van der Waals surface area contributed by atoms with Gasteiger partial charge < -0.3 is 15.4 Å². The van der Waals surface area contributed by atoms with Crippen LogP contribution in [-0.2, 0) is 14.8 Å². The lowest BCUT2D eigenvalue weighted by Crippen LogP contribution is -2.54. The van der Waals surface area contributed by atoms with Gasteiger partial charge in [0, 0.05) is 29.7 Å². The van der Waals surface area contributed by atoms with Gasteiger partial charge in [-0.1, -0.05) is 11.6 Å². The Morgan fingerprint density at radius 2 is 1.62 bits per heavy atom. The predicted octanol–water partition coefficient (Wildman–Crippen LogP) is 2.83. The van der Waals surface area contributed by atoms with E-state index in [0.29, 0.717) is 29.2 Å². The third-order valence-electron chi connectivity index (χ3n) is 6.27. The van der Waals surface area contributed by atoms with E-state index < -0.39 is 16.1 Å². The molecule has 0 spiro atoms. The van der Waals surface area contributed by atoms with Gasteiger partial charge >= 0.3 is 0 Å². The molecule has 2 amide bonds. The minimum absolute atomic E-state index is 0.151. The first-order chi connectivity index (χ1) is 16.3. The fourth-order valence-electron chi connectivity index (χ4n) is 4.09. The Morgan fingerprint density at radius 1 is 1.00 bits per heavy atom. The molecule has 182 valence electrons. The highest BCUT2D eigenvalue weighted by atomic mass is 35.5. The third-order valence-corrected chi connectivity index (χ3v) is 8.43. The molecule has 34 heavy (non-hydrogen) atoms. The topological polar surface area (TPSA) is 105 Å². The number of hydrogen-bond acceptors (Lipinski definition) is 5. The molecule has 0 bridgehead atoms. The molecule has 10 heteroatoms. The van der Waals surface area contributed by atoms with Gasteiger partial charge in [0.1, 0.15) is 11.8 Å². The van der Waals surface area contributed by atoms with Crippen LogP contribution in [0.25, 0.3) is 0 Å². The quantitative estimate of drug-likeness (QED) is 0.574. The van der Waals surface area contributed by atoms with Gasteiger partial charge in [0.05, 0.1) is 12.0 Å². The summed E-state index contributed by atoms with van der Waals surface area (Å²) in [6, 6.07) is 12.2. The number of benzene rings is 2. The van der Waals surface area contributed by atoms with E-state index >= 15 is 0 Å². The van der Waals surface area contributed by atoms with E-state index in [4.69, 9.17) is 16.3 Å². The number of methoxy groups -OCH3 is 1. The molecule has 1 aliphatic heterocycles. The second kappa shape index (κ2) is 10.3. The zero-order valence-electron chi connectivity index (χ0n) is 18.9. The second-order valence-corrected chi connectivity index (χ2v) is 11.0. The number of nitrogens with zero attached hydrogens (tertiary/aromatic N) is 1. The van der Waals surface area contributed by atoms with E-state index in [2.05, 4.69) is 10.6 Å². The molecule has 2 N–H and O–H groups in total. The van der Waals surface area contributed by atoms with Crippen molar-refractivity contribution in [1.29, 1.82) is 0 Å². The Labute approximate surface area is 204 Å². The highest BCUT2D eigenvalue weighted by Crippen LogP contribution is 2.28. The number of rotatable bonds is 8. The van der Waals surface area contributed by atoms with Crippen molar-refractivity contribution >= 4 is 33.4 Å². The third kappa shape index (κ3) is 5.71. The summed E-state index contributed by atoms with van der Waals surface area (Å²) in [4.78, 5) is 26.1. The number of piperidine rings is 1. The average Bonchev–Trinajstić information content (AvgIpc) is 3.66. The van der Waals surface area contributed by atoms with Crippen LogP contribution in [0.5, 0.6) is 5.75 Å².